The summed E-state index contributed by atoms with van der Waals surface area (Å²) in [4.78, 5) is 21.4. The third-order valence-electron chi connectivity index (χ3n) is 2.58. The van der Waals surface area contributed by atoms with E-state index in [0.29, 0.717) is 18.1 Å². The van der Waals surface area contributed by atoms with E-state index in [-0.39, 0.29) is 0 Å². The quantitative estimate of drug-likeness (QED) is 0.722. The summed E-state index contributed by atoms with van der Waals surface area (Å²) in [5.41, 5.74) is 1.59. The molecule has 5 heteroatoms. The van der Waals surface area contributed by atoms with Crippen molar-refractivity contribution in [1.29, 1.82) is 0 Å². The van der Waals surface area contributed by atoms with Gasteiger partial charge in [0.2, 0.25) is 0 Å². The van der Waals surface area contributed by atoms with Gasteiger partial charge in [-0.05, 0) is 14.0 Å². The zero-order chi connectivity index (χ0) is 11.0. The minimum absolute atomic E-state index is 0.513. The van der Waals surface area contributed by atoms with Crippen molar-refractivity contribution in [2.24, 2.45) is 0 Å². The summed E-state index contributed by atoms with van der Waals surface area (Å²) in [6, 6.07) is 0. The van der Waals surface area contributed by atoms with Crippen LogP contribution in [0.1, 0.15) is 23.0 Å². The third kappa shape index (κ3) is 1.83. The van der Waals surface area contributed by atoms with Crippen LogP contribution >= 0.6 is 0 Å². The number of carbonyl (C=O) groups is 1. The molecule has 0 aliphatic carbocycles. The first-order chi connectivity index (χ1) is 7.08. The smallest absolute Gasteiger partial charge is 0.313 e. The zero-order valence-electron chi connectivity index (χ0n) is 8.77. The Morgan fingerprint density at radius 3 is 3.07 bits per heavy atom. The molecule has 1 aromatic heterocycles. The van der Waals surface area contributed by atoms with Gasteiger partial charge in [0.05, 0.1) is 5.69 Å². The number of nitrogens with zero attached hydrogens (tertiary/aromatic N) is 3. The van der Waals surface area contributed by atoms with E-state index >= 15 is 0 Å². The Morgan fingerprint density at radius 2 is 2.40 bits per heavy atom. The number of fused-ring (bicyclic) bond motifs is 1. The van der Waals surface area contributed by atoms with E-state index in [1.165, 1.54) is 0 Å². The first-order valence-electron chi connectivity index (χ1n) is 4.81. The monoisotopic (exact) mass is 207 g/mol. The predicted octanol–water partition coefficient (Wildman–Crippen LogP) is 0.399. The molecule has 0 saturated carbocycles. The van der Waals surface area contributed by atoms with Gasteiger partial charge in [-0.3, -0.25) is 4.79 Å². The highest BCUT2D eigenvalue weighted by molar-refractivity contribution is 5.76. The Labute approximate surface area is 87.8 Å². The summed E-state index contributed by atoms with van der Waals surface area (Å²) in [5, 5.41) is 9.11. The number of aromatic nitrogens is 2. The summed E-state index contributed by atoms with van der Waals surface area (Å²) in [5.74, 6) is -0.717. The van der Waals surface area contributed by atoms with E-state index in [9.17, 15) is 4.79 Å². The largest absolute Gasteiger partial charge is 0.481 e. The second kappa shape index (κ2) is 3.58. The lowest BCUT2D eigenvalue weighted by Gasteiger charge is -2.28. The highest BCUT2D eigenvalue weighted by Gasteiger charge is 2.30. The zero-order valence-corrected chi connectivity index (χ0v) is 8.77. The summed E-state index contributed by atoms with van der Waals surface area (Å²) >= 11 is 0. The highest BCUT2D eigenvalue weighted by atomic mass is 16.4. The minimum atomic E-state index is -0.819. The van der Waals surface area contributed by atoms with Crippen LogP contribution in [-0.2, 0) is 11.3 Å². The van der Waals surface area contributed by atoms with Gasteiger partial charge in [-0.15, -0.1) is 0 Å². The maximum atomic E-state index is 11.1. The minimum Gasteiger partial charge on any atom is -0.481 e. The number of hydrogen-bond donors (Lipinski definition) is 1. The van der Waals surface area contributed by atoms with Gasteiger partial charge >= 0.3 is 5.97 Å². The van der Waals surface area contributed by atoms with Gasteiger partial charge in [0.15, 0.2) is 0 Å². The molecule has 0 radical (unpaired) electrons. The van der Waals surface area contributed by atoms with E-state index in [2.05, 4.69) is 9.97 Å². The van der Waals surface area contributed by atoms with Crippen LogP contribution in [0.15, 0.2) is 6.20 Å². The number of rotatable bonds is 1. The highest BCUT2D eigenvalue weighted by Crippen LogP contribution is 2.25. The van der Waals surface area contributed by atoms with Crippen molar-refractivity contribution in [2.75, 3.05) is 13.6 Å². The van der Waals surface area contributed by atoms with Crippen molar-refractivity contribution < 1.29 is 9.90 Å². The van der Waals surface area contributed by atoms with Crippen LogP contribution in [0.4, 0.5) is 0 Å². The molecule has 1 aliphatic rings. The number of carboxylic acid groups (broad SMARTS) is 1. The summed E-state index contributed by atoms with van der Waals surface area (Å²) in [6.07, 6.45) is 1.73. The van der Waals surface area contributed by atoms with E-state index in [1.54, 1.807) is 13.1 Å². The van der Waals surface area contributed by atoms with E-state index in [0.717, 1.165) is 12.1 Å². The molecule has 5 nitrogen and oxygen atoms in total. The van der Waals surface area contributed by atoms with Crippen molar-refractivity contribution >= 4 is 5.97 Å². The van der Waals surface area contributed by atoms with E-state index in [1.807, 2.05) is 11.9 Å². The van der Waals surface area contributed by atoms with E-state index in [4.69, 9.17) is 5.11 Å². The second-order valence-corrected chi connectivity index (χ2v) is 3.92. The summed E-state index contributed by atoms with van der Waals surface area (Å²) < 4.78 is 0. The number of hydrogen-bond acceptors (Lipinski definition) is 4. The molecule has 1 atom stereocenters. The molecule has 1 aromatic rings. The Morgan fingerprint density at radius 1 is 1.67 bits per heavy atom. The molecule has 1 N–H and O–H groups in total. The number of carboxylic acids is 1. The van der Waals surface area contributed by atoms with Crippen LogP contribution in [0.25, 0.3) is 0 Å². The predicted molar refractivity (Wildman–Crippen MR) is 53.5 cm³/mol. The van der Waals surface area contributed by atoms with Crippen molar-refractivity contribution in [2.45, 2.75) is 19.4 Å². The molecule has 0 bridgehead atoms. The van der Waals surface area contributed by atoms with Gasteiger partial charge < -0.3 is 10.0 Å². The molecule has 2 heterocycles. The SMILES string of the molecule is Cc1ncc2c(n1)C(C(=O)O)CN(C)C2. The van der Waals surface area contributed by atoms with Gasteiger partial charge in [0, 0.05) is 24.8 Å². The molecule has 0 aromatic carbocycles. The Bertz CT molecular complexity index is 406. The number of likely N-dealkylation sites (N-methyl/N-ethyl adjacent to an activating group) is 1. The molecular weight excluding hydrogens is 194 g/mol. The third-order valence-corrected chi connectivity index (χ3v) is 2.58. The van der Waals surface area contributed by atoms with Crippen LogP contribution in [0.3, 0.4) is 0 Å². The Balaban J connectivity index is 2.47. The fraction of sp³-hybridized carbons (Fsp3) is 0.500. The first-order valence-corrected chi connectivity index (χ1v) is 4.81. The molecule has 0 spiro atoms. The van der Waals surface area contributed by atoms with Gasteiger partial charge in [0.1, 0.15) is 11.7 Å². The van der Waals surface area contributed by atoms with Gasteiger partial charge in [-0.2, -0.15) is 0 Å². The topological polar surface area (TPSA) is 66.3 Å². The average molecular weight is 207 g/mol. The Hall–Kier alpha value is -1.49. The maximum absolute atomic E-state index is 11.1. The fourth-order valence-corrected chi connectivity index (χ4v) is 1.88. The molecule has 1 aliphatic heterocycles. The van der Waals surface area contributed by atoms with Crippen LogP contribution in [-0.4, -0.2) is 39.5 Å². The van der Waals surface area contributed by atoms with Crippen LogP contribution in [0.2, 0.25) is 0 Å². The second-order valence-electron chi connectivity index (χ2n) is 3.92. The van der Waals surface area contributed by atoms with E-state index < -0.39 is 11.9 Å². The van der Waals surface area contributed by atoms with Gasteiger partial charge in [-0.25, -0.2) is 9.97 Å². The fourth-order valence-electron chi connectivity index (χ4n) is 1.88. The van der Waals surface area contributed by atoms with Crippen LogP contribution in [0.5, 0.6) is 0 Å². The van der Waals surface area contributed by atoms with Gasteiger partial charge in [-0.1, -0.05) is 0 Å². The lowest BCUT2D eigenvalue weighted by atomic mass is 9.96. The normalized spacial score (nSPS) is 21.1. The van der Waals surface area contributed by atoms with Crippen molar-refractivity contribution in [3.05, 3.63) is 23.3 Å². The molecule has 2 rings (SSSR count). The summed E-state index contributed by atoms with van der Waals surface area (Å²) in [6.45, 7) is 3.01. The molecule has 80 valence electrons. The van der Waals surface area contributed by atoms with Crippen molar-refractivity contribution in [3.8, 4) is 0 Å². The molecule has 0 amide bonds. The lowest BCUT2D eigenvalue weighted by molar-refractivity contribution is -0.139. The van der Waals surface area contributed by atoms with Crippen LogP contribution in [0, 0.1) is 6.92 Å². The number of aliphatic carboxylic acids is 1. The molecule has 0 saturated heterocycles. The standard InChI is InChI=1S/C10H13N3O2/c1-6-11-3-7-4-13(2)5-8(10(14)15)9(7)12-6/h3,8H,4-5H2,1-2H3,(H,14,15). The maximum Gasteiger partial charge on any atom is 0.313 e. The van der Waals surface area contributed by atoms with Crippen molar-refractivity contribution in [1.82, 2.24) is 14.9 Å². The van der Waals surface area contributed by atoms with Gasteiger partial charge in [0.25, 0.3) is 0 Å². The molecular formula is C10H13N3O2. The summed E-state index contributed by atoms with van der Waals surface area (Å²) in [7, 11) is 1.90. The molecule has 15 heavy (non-hydrogen) atoms. The van der Waals surface area contributed by atoms with Crippen molar-refractivity contribution in [3.63, 3.8) is 0 Å². The molecule has 1 unspecified atom stereocenters. The first kappa shape index (κ1) is 10.0. The molecule has 0 fully saturated rings. The number of aryl methyl sites for hydroxylation is 1. The lowest BCUT2D eigenvalue weighted by Crippen LogP contribution is -2.35. The Kier molecular flexibility index (Phi) is 2.40. The average Bonchev–Trinajstić information content (AvgIpc) is 2.17. The van der Waals surface area contributed by atoms with Crippen LogP contribution < -0.4 is 0 Å².